The summed E-state index contributed by atoms with van der Waals surface area (Å²) in [6.45, 7) is 0.0374. The molecule has 50 valence electrons. The van der Waals surface area contributed by atoms with Crippen molar-refractivity contribution in [1.29, 1.82) is 0 Å². The van der Waals surface area contributed by atoms with E-state index in [1.165, 1.54) is 0 Å². The van der Waals surface area contributed by atoms with Gasteiger partial charge in [-0.15, -0.1) is 18.0 Å². The summed E-state index contributed by atoms with van der Waals surface area (Å²) >= 11 is 5.22. The molecule has 9 heavy (non-hydrogen) atoms. The number of halogens is 1. The Balaban J connectivity index is 3.19. The van der Waals surface area contributed by atoms with Crippen molar-refractivity contribution in [2.24, 2.45) is 0 Å². The summed E-state index contributed by atoms with van der Waals surface area (Å²) in [5.74, 6) is 2.11. The van der Waals surface area contributed by atoms with E-state index in [4.69, 9.17) is 18.0 Å². The fourth-order valence-corrected chi connectivity index (χ4v) is 0.426. The first-order valence-electron chi connectivity index (χ1n) is 2.46. The highest BCUT2D eigenvalue weighted by Crippen LogP contribution is 1.87. The fraction of sp³-hybridized carbons (Fsp3) is 0.500. The lowest BCUT2D eigenvalue weighted by atomic mass is 10.5. The summed E-state index contributed by atoms with van der Waals surface area (Å²) in [6.07, 6.45) is 5.04. The highest BCUT2D eigenvalue weighted by molar-refractivity contribution is 6.18. The Bertz CT molecular complexity index is 126. The number of rotatable bonds is 3. The second-order valence-corrected chi connectivity index (χ2v) is 1.68. The van der Waals surface area contributed by atoms with Gasteiger partial charge in [0.2, 0.25) is 0 Å². The van der Waals surface area contributed by atoms with Crippen LogP contribution in [0.2, 0.25) is 0 Å². The van der Waals surface area contributed by atoms with Gasteiger partial charge < -0.3 is 4.74 Å². The van der Waals surface area contributed by atoms with Crippen LogP contribution in [0.5, 0.6) is 0 Å². The first kappa shape index (κ1) is 8.32. The van der Waals surface area contributed by atoms with Gasteiger partial charge in [0.15, 0.2) is 6.61 Å². The van der Waals surface area contributed by atoms with Crippen molar-refractivity contribution >= 4 is 17.6 Å². The van der Waals surface area contributed by atoms with Crippen molar-refractivity contribution in [3.8, 4) is 12.3 Å². The molecule has 0 N–H and O–H groups in total. The van der Waals surface area contributed by atoms with Gasteiger partial charge in [-0.05, 0) is 0 Å². The highest BCUT2D eigenvalue weighted by Gasteiger charge is 1.97. The number of alkyl halides is 1. The Morgan fingerprint density at radius 3 is 2.89 bits per heavy atom. The van der Waals surface area contributed by atoms with Gasteiger partial charge in [0, 0.05) is 5.88 Å². The smallest absolute Gasteiger partial charge is 0.307 e. The largest absolute Gasteiger partial charge is 0.452 e. The molecule has 0 spiro atoms. The lowest BCUT2D eigenvalue weighted by Crippen LogP contribution is -2.04. The maximum atomic E-state index is 10.4. The molecule has 0 aromatic rings. The number of hydrogen-bond acceptors (Lipinski definition) is 2. The summed E-state index contributed by atoms with van der Waals surface area (Å²) in [5, 5.41) is 0. The second kappa shape index (κ2) is 5.46. The summed E-state index contributed by atoms with van der Waals surface area (Å²) in [6, 6.07) is 0. The molecule has 0 aliphatic carbocycles. The maximum Gasteiger partial charge on any atom is 0.307 e. The molecule has 0 heterocycles. The number of hydrogen-bond donors (Lipinski definition) is 0. The van der Waals surface area contributed by atoms with Crippen molar-refractivity contribution in [3.05, 3.63) is 0 Å². The number of carbonyl (C=O) groups excluding carboxylic acids is 1. The lowest BCUT2D eigenvalue weighted by molar-refractivity contribution is -0.141. The van der Waals surface area contributed by atoms with Crippen molar-refractivity contribution in [1.82, 2.24) is 0 Å². The number of carbonyl (C=O) groups is 1. The monoisotopic (exact) mass is 146 g/mol. The molecule has 0 aromatic heterocycles. The zero-order chi connectivity index (χ0) is 7.11. The van der Waals surface area contributed by atoms with Crippen LogP contribution in [-0.4, -0.2) is 18.5 Å². The topological polar surface area (TPSA) is 26.3 Å². The van der Waals surface area contributed by atoms with Gasteiger partial charge in [-0.1, -0.05) is 5.92 Å². The van der Waals surface area contributed by atoms with Gasteiger partial charge in [-0.25, -0.2) is 0 Å². The molecule has 0 saturated heterocycles. The summed E-state index contributed by atoms with van der Waals surface area (Å²) in [5.41, 5.74) is 0. The van der Waals surface area contributed by atoms with Crippen LogP contribution >= 0.6 is 11.6 Å². The maximum absolute atomic E-state index is 10.4. The van der Waals surface area contributed by atoms with Gasteiger partial charge in [0.1, 0.15) is 0 Å². The zero-order valence-electron chi connectivity index (χ0n) is 4.89. The van der Waals surface area contributed by atoms with E-state index in [-0.39, 0.29) is 24.9 Å². The van der Waals surface area contributed by atoms with Crippen LogP contribution < -0.4 is 0 Å². The van der Waals surface area contributed by atoms with Crippen molar-refractivity contribution in [3.63, 3.8) is 0 Å². The Morgan fingerprint density at radius 2 is 2.44 bits per heavy atom. The molecule has 0 atom stereocenters. The number of terminal acetylenes is 1. The van der Waals surface area contributed by atoms with Gasteiger partial charge in [-0.2, -0.15) is 0 Å². The number of ether oxygens (including phenoxy) is 1. The minimum absolute atomic E-state index is 0.0374. The van der Waals surface area contributed by atoms with E-state index in [9.17, 15) is 4.79 Å². The highest BCUT2D eigenvalue weighted by atomic mass is 35.5. The lowest BCUT2D eigenvalue weighted by Gasteiger charge is -1.95. The Kier molecular flexibility index (Phi) is 5.04. The molecule has 0 amide bonds. The SMILES string of the molecule is C#CCOC(=O)CCCl. The molecule has 0 radical (unpaired) electrons. The van der Waals surface area contributed by atoms with E-state index in [1.807, 2.05) is 0 Å². The van der Waals surface area contributed by atoms with Crippen LogP contribution in [0.4, 0.5) is 0 Å². The normalized spacial score (nSPS) is 8.00. The van der Waals surface area contributed by atoms with Gasteiger partial charge in [0.05, 0.1) is 6.42 Å². The van der Waals surface area contributed by atoms with Crippen LogP contribution in [0, 0.1) is 12.3 Å². The van der Waals surface area contributed by atoms with Crippen LogP contribution in [-0.2, 0) is 9.53 Å². The van der Waals surface area contributed by atoms with Crippen molar-refractivity contribution < 1.29 is 9.53 Å². The molecule has 0 aliphatic heterocycles. The predicted molar refractivity (Wildman–Crippen MR) is 35.1 cm³/mol. The molecule has 0 rings (SSSR count). The molecule has 0 unspecified atom stereocenters. The first-order chi connectivity index (χ1) is 4.31. The molecule has 3 heteroatoms. The quantitative estimate of drug-likeness (QED) is 0.334. The molecule has 0 aromatic carbocycles. The van der Waals surface area contributed by atoms with E-state index in [0.29, 0.717) is 0 Å². The Hall–Kier alpha value is -0.680. The summed E-state index contributed by atoms with van der Waals surface area (Å²) in [7, 11) is 0. The van der Waals surface area contributed by atoms with E-state index in [1.54, 1.807) is 0 Å². The summed E-state index contributed by atoms with van der Waals surface area (Å²) < 4.78 is 4.47. The van der Waals surface area contributed by atoms with Crippen LogP contribution in [0.25, 0.3) is 0 Å². The zero-order valence-corrected chi connectivity index (χ0v) is 5.65. The molecule has 2 nitrogen and oxygen atoms in total. The van der Waals surface area contributed by atoms with E-state index >= 15 is 0 Å². The Morgan fingerprint density at radius 1 is 1.78 bits per heavy atom. The molecule has 0 aliphatic rings. The average Bonchev–Trinajstić information content (AvgIpc) is 1.85. The van der Waals surface area contributed by atoms with Gasteiger partial charge >= 0.3 is 5.97 Å². The van der Waals surface area contributed by atoms with Gasteiger partial charge in [-0.3, -0.25) is 4.79 Å². The van der Waals surface area contributed by atoms with E-state index in [0.717, 1.165) is 0 Å². The predicted octanol–water partition coefficient (Wildman–Crippen LogP) is 0.792. The molecular weight excluding hydrogens is 140 g/mol. The minimum Gasteiger partial charge on any atom is -0.452 e. The Labute approximate surface area is 59.1 Å². The molecule has 0 bridgehead atoms. The van der Waals surface area contributed by atoms with Crippen LogP contribution in [0.15, 0.2) is 0 Å². The molecule has 0 saturated carbocycles. The van der Waals surface area contributed by atoms with Gasteiger partial charge in [0.25, 0.3) is 0 Å². The summed E-state index contributed by atoms with van der Waals surface area (Å²) in [4.78, 5) is 10.4. The number of esters is 1. The average molecular weight is 147 g/mol. The fourth-order valence-electron chi connectivity index (χ4n) is 0.271. The second-order valence-electron chi connectivity index (χ2n) is 1.30. The van der Waals surface area contributed by atoms with Crippen molar-refractivity contribution in [2.45, 2.75) is 6.42 Å². The van der Waals surface area contributed by atoms with E-state index in [2.05, 4.69) is 10.7 Å². The van der Waals surface area contributed by atoms with Crippen LogP contribution in [0.1, 0.15) is 6.42 Å². The standard InChI is InChI=1S/C6H7ClO2/c1-2-5-9-6(8)3-4-7/h1H,3-5H2. The van der Waals surface area contributed by atoms with Crippen molar-refractivity contribution in [2.75, 3.05) is 12.5 Å². The minimum atomic E-state index is -0.344. The van der Waals surface area contributed by atoms with E-state index < -0.39 is 0 Å². The first-order valence-corrected chi connectivity index (χ1v) is 2.99. The molecular formula is C6H7ClO2. The van der Waals surface area contributed by atoms with Crippen LogP contribution in [0.3, 0.4) is 0 Å². The molecule has 0 fully saturated rings. The third-order valence-corrected chi connectivity index (χ3v) is 0.804. The third kappa shape index (κ3) is 5.19. The third-order valence-electron chi connectivity index (χ3n) is 0.615.